The highest BCUT2D eigenvalue weighted by atomic mass is 16.7. The summed E-state index contributed by atoms with van der Waals surface area (Å²) >= 11 is 0. The molecule has 0 atom stereocenters. The van der Waals surface area contributed by atoms with E-state index in [2.05, 4.69) is 11.8 Å². The van der Waals surface area contributed by atoms with Gasteiger partial charge in [-0.15, -0.1) is 0 Å². The fraction of sp³-hybridized carbons (Fsp3) is 0.333. The van der Waals surface area contributed by atoms with Gasteiger partial charge >= 0.3 is 0 Å². The van der Waals surface area contributed by atoms with E-state index in [0.717, 1.165) is 11.1 Å². The predicted molar refractivity (Wildman–Crippen MR) is 97.7 cm³/mol. The fourth-order valence-corrected chi connectivity index (χ4v) is 2.18. The molecule has 0 saturated carbocycles. The van der Waals surface area contributed by atoms with E-state index >= 15 is 0 Å². The van der Waals surface area contributed by atoms with Gasteiger partial charge in [0.1, 0.15) is 6.61 Å². The number of methoxy groups -OCH3 is 1. The van der Waals surface area contributed by atoms with Gasteiger partial charge in [-0.25, -0.2) is 0 Å². The zero-order valence-electron chi connectivity index (χ0n) is 15.0. The largest absolute Gasteiger partial charge is 0.493 e. The molecule has 2 aromatic carbocycles. The molecule has 0 heterocycles. The smallest absolute Gasteiger partial charge is 0.222 e. The van der Waals surface area contributed by atoms with Gasteiger partial charge in [0.25, 0.3) is 0 Å². The van der Waals surface area contributed by atoms with E-state index in [-0.39, 0.29) is 0 Å². The second-order valence-electron chi connectivity index (χ2n) is 5.15. The van der Waals surface area contributed by atoms with Crippen LogP contribution >= 0.6 is 0 Å². The number of ether oxygens (including phenoxy) is 4. The Balaban J connectivity index is 2.13. The minimum atomic E-state index is -0.522. The lowest BCUT2D eigenvalue weighted by Gasteiger charge is -2.11. The first kappa shape index (κ1) is 18.9. The normalized spacial score (nSPS) is 10.2. The Labute approximate surface area is 149 Å². The zero-order valence-corrected chi connectivity index (χ0v) is 15.0. The van der Waals surface area contributed by atoms with Crippen molar-refractivity contribution in [3.63, 3.8) is 0 Å². The maximum Gasteiger partial charge on any atom is 0.222 e. The van der Waals surface area contributed by atoms with E-state index < -0.39 is 6.29 Å². The van der Waals surface area contributed by atoms with Gasteiger partial charge in [0.05, 0.1) is 7.11 Å². The summed E-state index contributed by atoms with van der Waals surface area (Å²) < 4.78 is 22.1. The first-order chi connectivity index (χ1) is 12.3. The second kappa shape index (κ2) is 10.4. The van der Waals surface area contributed by atoms with Gasteiger partial charge in [-0.1, -0.05) is 36.3 Å². The standard InChI is InChI=1S/C21H24O4/c1-4-23-21(24-5-2)14-12-17-11-13-19(22-3)20(15-17)25-16-18-9-7-6-8-10-18/h6-11,13,15,21H,4-5,16H2,1-3H3. The Bertz CT molecular complexity index is 695. The third-order valence-electron chi connectivity index (χ3n) is 3.37. The average molecular weight is 340 g/mol. The molecule has 132 valence electrons. The van der Waals surface area contributed by atoms with Crippen molar-refractivity contribution >= 4 is 0 Å². The Morgan fingerprint density at radius 3 is 2.28 bits per heavy atom. The van der Waals surface area contributed by atoms with E-state index in [1.807, 2.05) is 62.4 Å². The SMILES string of the molecule is CCOC(C#Cc1ccc(OC)c(OCc2ccccc2)c1)OCC. The lowest BCUT2D eigenvalue weighted by Crippen LogP contribution is -2.14. The van der Waals surface area contributed by atoms with Crippen LogP contribution in [0.3, 0.4) is 0 Å². The Morgan fingerprint density at radius 2 is 1.64 bits per heavy atom. The van der Waals surface area contributed by atoms with Crippen LogP contribution in [-0.2, 0) is 16.1 Å². The number of rotatable bonds is 8. The third-order valence-corrected chi connectivity index (χ3v) is 3.37. The molecular weight excluding hydrogens is 316 g/mol. The molecule has 0 bridgehead atoms. The van der Waals surface area contributed by atoms with Crippen molar-refractivity contribution in [1.29, 1.82) is 0 Å². The van der Waals surface area contributed by atoms with Crippen LogP contribution in [0.5, 0.6) is 11.5 Å². The molecular formula is C21H24O4. The Kier molecular flexibility index (Phi) is 7.84. The van der Waals surface area contributed by atoms with Crippen molar-refractivity contribution in [3.8, 4) is 23.3 Å². The van der Waals surface area contributed by atoms with E-state index in [0.29, 0.717) is 31.3 Å². The highest BCUT2D eigenvalue weighted by molar-refractivity contribution is 5.48. The summed E-state index contributed by atoms with van der Waals surface area (Å²) in [5, 5.41) is 0. The van der Waals surface area contributed by atoms with E-state index in [1.165, 1.54) is 0 Å². The molecule has 0 amide bonds. The zero-order chi connectivity index (χ0) is 17.9. The highest BCUT2D eigenvalue weighted by Gasteiger charge is 2.06. The summed E-state index contributed by atoms with van der Waals surface area (Å²) in [6.07, 6.45) is -0.522. The molecule has 0 radical (unpaired) electrons. The summed E-state index contributed by atoms with van der Waals surface area (Å²) in [7, 11) is 1.62. The van der Waals surface area contributed by atoms with Crippen LogP contribution in [0.15, 0.2) is 48.5 Å². The van der Waals surface area contributed by atoms with Gasteiger partial charge < -0.3 is 18.9 Å². The van der Waals surface area contributed by atoms with Crippen molar-refractivity contribution in [2.75, 3.05) is 20.3 Å². The molecule has 0 saturated heterocycles. The molecule has 0 unspecified atom stereocenters. The van der Waals surface area contributed by atoms with Gasteiger partial charge in [0.15, 0.2) is 11.5 Å². The lowest BCUT2D eigenvalue weighted by molar-refractivity contribution is -0.0969. The van der Waals surface area contributed by atoms with Crippen LogP contribution in [-0.4, -0.2) is 26.6 Å². The van der Waals surface area contributed by atoms with E-state index in [1.54, 1.807) is 7.11 Å². The van der Waals surface area contributed by atoms with Gasteiger partial charge in [0, 0.05) is 18.8 Å². The fourth-order valence-electron chi connectivity index (χ4n) is 2.18. The average Bonchev–Trinajstić information content (AvgIpc) is 2.65. The quantitative estimate of drug-likeness (QED) is 0.537. The summed E-state index contributed by atoms with van der Waals surface area (Å²) in [6, 6.07) is 15.6. The molecule has 0 fully saturated rings. The maximum absolute atomic E-state index is 5.90. The molecule has 0 aromatic heterocycles. The molecule has 4 heteroatoms. The first-order valence-electron chi connectivity index (χ1n) is 8.36. The van der Waals surface area contributed by atoms with Crippen LogP contribution in [0, 0.1) is 11.8 Å². The minimum absolute atomic E-state index is 0.467. The number of benzene rings is 2. The van der Waals surface area contributed by atoms with Crippen LogP contribution < -0.4 is 9.47 Å². The monoisotopic (exact) mass is 340 g/mol. The molecule has 0 aliphatic heterocycles. The van der Waals surface area contributed by atoms with Crippen molar-refractivity contribution in [2.24, 2.45) is 0 Å². The molecule has 2 rings (SSSR count). The molecule has 25 heavy (non-hydrogen) atoms. The number of hydrogen-bond donors (Lipinski definition) is 0. The van der Waals surface area contributed by atoms with Crippen LogP contribution in [0.25, 0.3) is 0 Å². The van der Waals surface area contributed by atoms with Crippen molar-refractivity contribution in [2.45, 2.75) is 26.7 Å². The highest BCUT2D eigenvalue weighted by Crippen LogP contribution is 2.28. The van der Waals surface area contributed by atoms with Gasteiger partial charge in [0.2, 0.25) is 6.29 Å². The summed E-state index contributed by atoms with van der Waals surface area (Å²) in [6.45, 7) is 5.39. The first-order valence-corrected chi connectivity index (χ1v) is 8.36. The molecule has 0 N–H and O–H groups in total. The van der Waals surface area contributed by atoms with Crippen molar-refractivity contribution in [3.05, 3.63) is 59.7 Å². The van der Waals surface area contributed by atoms with Crippen LogP contribution in [0.2, 0.25) is 0 Å². The molecule has 0 aliphatic carbocycles. The van der Waals surface area contributed by atoms with E-state index in [9.17, 15) is 0 Å². The van der Waals surface area contributed by atoms with Crippen molar-refractivity contribution in [1.82, 2.24) is 0 Å². The third kappa shape index (κ3) is 6.15. The van der Waals surface area contributed by atoms with E-state index in [4.69, 9.17) is 18.9 Å². The topological polar surface area (TPSA) is 36.9 Å². The van der Waals surface area contributed by atoms with Gasteiger partial charge in [-0.05, 0) is 43.5 Å². The van der Waals surface area contributed by atoms with Crippen LogP contribution in [0.1, 0.15) is 25.0 Å². The molecule has 4 nitrogen and oxygen atoms in total. The van der Waals surface area contributed by atoms with Crippen LogP contribution in [0.4, 0.5) is 0 Å². The summed E-state index contributed by atoms with van der Waals surface area (Å²) in [4.78, 5) is 0. The molecule has 0 aliphatic rings. The van der Waals surface area contributed by atoms with Gasteiger partial charge in [-0.2, -0.15) is 0 Å². The lowest BCUT2D eigenvalue weighted by atomic mass is 10.2. The van der Waals surface area contributed by atoms with Crippen molar-refractivity contribution < 1.29 is 18.9 Å². The summed E-state index contributed by atoms with van der Waals surface area (Å²) in [5.41, 5.74) is 1.90. The molecule has 2 aromatic rings. The maximum atomic E-state index is 5.90. The van der Waals surface area contributed by atoms with Gasteiger partial charge in [-0.3, -0.25) is 0 Å². The summed E-state index contributed by atoms with van der Waals surface area (Å²) in [5.74, 6) is 7.38. The predicted octanol–water partition coefficient (Wildman–Crippen LogP) is 4.02. The number of hydrogen-bond acceptors (Lipinski definition) is 4. The molecule has 0 spiro atoms. The Hall–Kier alpha value is -2.48. The Morgan fingerprint density at radius 1 is 0.920 bits per heavy atom. The second-order valence-corrected chi connectivity index (χ2v) is 5.15. The minimum Gasteiger partial charge on any atom is -0.493 e.